The highest BCUT2D eigenvalue weighted by Crippen LogP contribution is 2.32. The van der Waals surface area contributed by atoms with Crippen LogP contribution in [0.2, 0.25) is 0 Å². The predicted octanol–water partition coefficient (Wildman–Crippen LogP) is 2.41. The van der Waals surface area contributed by atoms with Gasteiger partial charge in [-0.1, -0.05) is 24.3 Å². The van der Waals surface area contributed by atoms with Crippen molar-refractivity contribution in [2.75, 3.05) is 0 Å². The van der Waals surface area contributed by atoms with Crippen molar-refractivity contribution < 1.29 is 18.7 Å². The van der Waals surface area contributed by atoms with Gasteiger partial charge in [-0.25, -0.2) is 4.79 Å². The number of hydrogen-bond acceptors (Lipinski definition) is 2. The lowest BCUT2D eigenvalue weighted by molar-refractivity contribution is -0.166. The quantitative estimate of drug-likeness (QED) is 0.850. The number of aliphatic carboxylic acids is 1. The van der Waals surface area contributed by atoms with E-state index < -0.39 is 17.5 Å². The Bertz CT molecular complexity index is 549. The molecule has 3 nitrogen and oxygen atoms in total. The summed E-state index contributed by atoms with van der Waals surface area (Å²) in [5.74, 6) is -6.10. The molecule has 0 atom stereocenters. The van der Waals surface area contributed by atoms with Crippen molar-refractivity contribution in [2.45, 2.75) is 5.92 Å². The lowest BCUT2D eigenvalue weighted by atomic mass is 10.0. The van der Waals surface area contributed by atoms with Crippen molar-refractivity contribution in [1.82, 2.24) is 4.98 Å². The Kier molecular flexibility index (Phi) is 2.30. The summed E-state index contributed by atoms with van der Waals surface area (Å²) in [4.78, 5) is 14.1. The van der Waals surface area contributed by atoms with E-state index in [1.54, 1.807) is 18.2 Å². The fraction of sp³-hybridized carbons (Fsp3) is 0.0909. The van der Waals surface area contributed by atoms with Crippen LogP contribution in [0.3, 0.4) is 0 Å². The topological polar surface area (TPSA) is 50.2 Å². The number of halogens is 2. The Labute approximate surface area is 89.3 Å². The number of hydrogen-bond donors (Lipinski definition) is 1. The predicted molar refractivity (Wildman–Crippen MR) is 53.3 cm³/mol. The van der Waals surface area contributed by atoms with Crippen molar-refractivity contribution in [2.24, 2.45) is 0 Å². The van der Waals surface area contributed by atoms with Crippen LogP contribution < -0.4 is 0 Å². The molecule has 1 heterocycles. The smallest absolute Gasteiger partial charge is 0.379 e. The maximum atomic E-state index is 13.4. The normalized spacial score (nSPS) is 11.6. The SMILES string of the molecule is O=C(O)C(F)(F)c1cncc2ccccc12. The van der Waals surface area contributed by atoms with E-state index >= 15 is 0 Å². The number of alkyl halides is 2. The standard InChI is InChI=1S/C11H7F2NO2/c12-11(13,10(15)16)9-6-14-5-7-3-1-2-4-8(7)9/h1-6H,(H,15,16). The summed E-state index contributed by atoms with van der Waals surface area (Å²) in [6.07, 6.45) is 2.30. The van der Waals surface area contributed by atoms with Crippen LogP contribution in [0.1, 0.15) is 5.56 Å². The van der Waals surface area contributed by atoms with Crippen LogP contribution in [0, 0.1) is 0 Å². The molecule has 0 saturated carbocycles. The van der Waals surface area contributed by atoms with Crippen LogP contribution in [0.5, 0.6) is 0 Å². The number of carboxylic acids is 1. The number of nitrogens with zero attached hydrogens (tertiary/aromatic N) is 1. The van der Waals surface area contributed by atoms with E-state index in [4.69, 9.17) is 5.11 Å². The Hall–Kier alpha value is -2.04. The highest BCUT2D eigenvalue weighted by atomic mass is 19.3. The molecule has 1 aromatic carbocycles. The molecule has 0 aliphatic heterocycles. The molecule has 0 aliphatic rings. The Morgan fingerprint density at radius 3 is 2.62 bits per heavy atom. The highest BCUT2D eigenvalue weighted by Gasteiger charge is 2.42. The number of carboxylic acid groups (broad SMARTS) is 1. The molecule has 0 radical (unpaired) electrons. The second kappa shape index (κ2) is 3.52. The molecule has 0 saturated heterocycles. The van der Waals surface area contributed by atoms with Crippen LogP contribution >= 0.6 is 0 Å². The zero-order chi connectivity index (χ0) is 11.8. The fourth-order valence-electron chi connectivity index (χ4n) is 1.48. The van der Waals surface area contributed by atoms with Gasteiger partial charge >= 0.3 is 11.9 Å². The van der Waals surface area contributed by atoms with Gasteiger partial charge in [-0.15, -0.1) is 0 Å². The van der Waals surface area contributed by atoms with Gasteiger partial charge in [0.25, 0.3) is 0 Å². The summed E-state index contributed by atoms with van der Waals surface area (Å²) < 4.78 is 26.7. The molecule has 0 spiro atoms. The first-order chi connectivity index (χ1) is 7.53. The van der Waals surface area contributed by atoms with Crippen molar-refractivity contribution in [3.05, 3.63) is 42.2 Å². The third kappa shape index (κ3) is 1.50. The third-order valence-electron chi connectivity index (χ3n) is 2.28. The number of carbonyl (C=O) groups is 1. The van der Waals surface area contributed by atoms with Gasteiger partial charge in [-0.05, 0) is 5.39 Å². The Morgan fingerprint density at radius 1 is 1.25 bits per heavy atom. The first-order valence-corrected chi connectivity index (χ1v) is 4.48. The minimum atomic E-state index is -3.92. The first-order valence-electron chi connectivity index (χ1n) is 4.48. The third-order valence-corrected chi connectivity index (χ3v) is 2.28. The Balaban J connectivity index is 2.74. The van der Waals surface area contributed by atoms with Crippen molar-refractivity contribution in [3.8, 4) is 0 Å². The highest BCUT2D eigenvalue weighted by molar-refractivity contribution is 5.90. The van der Waals surface area contributed by atoms with Gasteiger partial charge in [0.15, 0.2) is 0 Å². The van der Waals surface area contributed by atoms with E-state index in [9.17, 15) is 13.6 Å². The molecule has 0 unspecified atom stereocenters. The molecule has 0 bridgehead atoms. The van der Waals surface area contributed by atoms with Crippen LogP contribution in [0.25, 0.3) is 10.8 Å². The molecule has 0 aliphatic carbocycles. The summed E-state index contributed by atoms with van der Waals surface area (Å²) >= 11 is 0. The minimum Gasteiger partial charge on any atom is -0.477 e. The zero-order valence-electron chi connectivity index (χ0n) is 8.02. The van der Waals surface area contributed by atoms with Gasteiger partial charge in [0.1, 0.15) is 0 Å². The number of pyridine rings is 1. The average molecular weight is 223 g/mol. The van der Waals surface area contributed by atoms with Crippen molar-refractivity contribution in [3.63, 3.8) is 0 Å². The lowest BCUT2D eigenvalue weighted by Crippen LogP contribution is -2.25. The largest absolute Gasteiger partial charge is 0.477 e. The van der Waals surface area contributed by atoms with Crippen LogP contribution in [-0.4, -0.2) is 16.1 Å². The van der Waals surface area contributed by atoms with E-state index in [0.717, 1.165) is 6.20 Å². The molecule has 82 valence electrons. The number of benzene rings is 1. The van der Waals surface area contributed by atoms with Crippen molar-refractivity contribution in [1.29, 1.82) is 0 Å². The number of fused-ring (bicyclic) bond motifs is 1. The van der Waals surface area contributed by atoms with Crippen LogP contribution in [-0.2, 0) is 10.7 Å². The van der Waals surface area contributed by atoms with Gasteiger partial charge in [-0.3, -0.25) is 4.98 Å². The van der Waals surface area contributed by atoms with E-state index in [0.29, 0.717) is 5.39 Å². The maximum Gasteiger partial charge on any atom is 0.379 e. The second-order valence-electron chi connectivity index (χ2n) is 3.29. The summed E-state index contributed by atoms with van der Waals surface area (Å²) in [6.45, 7) is 0. The maximum absolute atomic E-state index is 13.4. The van der Waals surface area contributed by atoms with Gasteiger partial charge in [0, 0.05) is 17.8 Å². The van der Waals surface area contributed by atoms with E-state index in [2.05, 4.69) is 4.98 Å². The van der Waals surface area contributed by atoms with E-state index in [1.807, 2.05) is 0 Å². The monoisotopic (exact) mass is 223 g/mol. The van der Waals surface area contributed by atoms with Gasteiger partial charge in [0.2, 0.25) is 0 Å². The van der Waals surface area contributed by atoms with Crippen LogP contribution in [0.4, 0.5) is 8.78 Å². The summed E-state index contributed by atoms with van der Waals surface area (Å²) in [5, 5.41) is 9.16. The molecular weight excluding hydrogens is 216 g/mol. The van der Waals surface area contributed by atoms with Crippen molar-refractivity contribution >= 4 is 16.7 Å². The number of aromatic nitrogens is 1. The van der Waals surface area contributed by atoms with E-state index in [-0.39, 0.29) is 5.39 Å². The lowest BCUT2D eigenvalue weighted by Gasteiger charge is -2.13. The molecule has 1 N–H and O–H groups in total. The van der Waals surface area contributed by atoms with Gasteiger partial charge in [0.05, 0.1) is 5.56 Å². The molecule has 16 heavy (non-hydrogen) atoms. The van der Waals surface area contributed by atoms with E-state index in [1.165, 1.54) is 12.3 Å². The zero-order valence-corrected chi connectivity index (χ0v) is 8.02. The van der Waals surface area contributed by atoms with Gasteiger partial charge in [-0.2, -0.15) is 8.78 Å². The summed E-state index contributed by atoms with van der Waals surface area (Å²) in [5.41, 5.74) is -0.585. The fourth-order valence-corrected chi connectivity index (χ4v) is 1.48. The summed E-state index contributed by atoms with van der Waals surface area (Å²) in [6, 6.07) is 6.30. The second-order valence-corrected chi connectivity index (χ2v) is 3.29. The summed E-state index contributed by atoms with van der Waals surface area (Å²) in [7, 11) is 0. The van der Waals surface area contributed by atoms with Gasteiger partial charge < -0.3 is 5.11 Å². The average Bonchev–Trinajstić information content (AvgIpc) is 2.28. The Morgan fingerprint density at radius 2 is 1.94 bits per heavy atom. The number of rotatable bonds is 2. The molecule has 0 amide bonds. The molecule has 2 rings (SSSR count). The molecular formula is C11H7F2NO2. The molecule has 5 heteroatoms. The molecule has 0 fully saturated rings. The molecule has 2 aromatic rings. The first kappa shape index (κ1) is 10.5. The molecule has 1 aromatic heterocycles. The van der Waals surface area contributed by atoms with Crippen LogP contribution in [0.15, 0.2) is 36.7 Å². The minimum absolute atomic E-state index is 0.199.